The van der Waals surface area contributed by atoms with E-state index in [4.69, 9.17) is 0 Å². The van der Waals surface area contributed by atoms with Gasteiger partial charge in [0.2, 0.25) is 5.91 Å². The second-order valence-electron chi connectivity index (χ2n) is 5.22. The molecular weight excluding hydrogens is 174 g/mol. The summed E-state index contributed by atoms with van der Waals surface area (Å²) in [5.74, 6) is 2.00. The van der Waals surface area contributed by atoms with Crippen molar-refractivity contribution in [1.82, 2.24) is 4.90 Å². The van der Waals surface area contributed by atoms with Crippen molar-refractivity contribution < 1.29 is 4.79 Å². The number of likely N-dealkylation sites (tertiary alicyclic amines) is 1. The fraction of sp³-hybridized carbons (Fsp3) is 0.917. The van der Waals surface area contributed by atoms with Gasteiger partial charge in [0.25, 0.3) is 0 Å². The molecule has 0 spiro atoms. The molecule has 2 nitrogen and oxygen atoms in total. The average molecular weight is 197 g/mol. The van der Waals surface area contributed by atoms with Crippen molar-refractivity contribution in [3.8, 4) is 0 Å². The van der Waals surface area contributed by atoms with Gasteiger partial charge in [0, 0.05) is 19.0 Å². The largest absolute Gasteiger partial charge is 0.342 e. The molecule has 1 aliphatic rings. The molecule has 1 fully saturated rings. The summed E-state index contributed by atoms with van der Waals surface area (Å²) in [5.41, 5.74) is 0. The molecular formula is C12H23NO. The molecule has 0 saturated carbocycles. The van der Waals surface area contributed by atoms with E-state index in [0.29, 0.717) is 5.91 Å². The highest BCUT2D eigenvalue weighted by Gasteiger charge is 2.27. The predicted octanol–water partition coefficient (Wildman–Crippen LogP) is 2.54. The second kappa shape index (κ2) is 4.81. The van der Waals surface area contributed by atoms with Gasteiger partial charge in [-0.15, -0.1) is 0 Å². The van der Waals surface area contributed by atoms with Crippen molar-refractivity contribution in [2.24, 2.45) is 17.8 Å². The summed E-state index contributed by atoms with van der Waals surface area (Å²) in [5, 5.41) is 0. The Hall–Kier alpha value is -0.530. The molecule has 0 unspecified atom stereocenters. The molecule has 82 valence electrons. The maximum Gasteiger partial charge on any atom is 0.225 e. The summed E-state index contributed by atoms with van der Waals surface area (Å²) < 4.78 is 0. The summed E-state index contributed by atoms with van der Waals surface area (Å²) in [6, 6.07) is 0. The van der Waals surface area contributed by atoms with Gasteiger partial charge in [-0.3, -0.25) is 4.79 Å². The molecule has 0 aromatic heterocycles. The average Bonchev–Trinajstić information content (AvgIpc) is 2.50. The van der Waals surface area contributed by atoms with E-state index in [9.17, 15) is 4.79 Å². The number of rotatable bonds is 3. The Labute approximate surface area is 87.7 Å². The van der Waals surface area contributed by atoms with Gasteiger partial charge in [0.15, 0.2) is 0 Å². The molecule has 0 aliphatic carbocycles. The maximum atomic E-state index is 11.7. The molecule has 1 saturated heterocycles. The molecule has 1 aliphatic heterocycles. The number of carbonyl (C=O) groups is 1. The Kier molecular flexibility index (Phi) is 3.97. The smallest absolute Gasteiger partial charge is 0.225 e. The Bertz CT molecular complexity index is 198. The van der Waals surface area contributed by atoms with Crippen LogP contribution in [0, 0.1) is 17.8 Å². The van der Waals surface area contributed by atoms with Crippen LogP contribution in [0.4, 0.5) is 0 Å². The highest BCUT2D eigenvalue weighted by Crippen LogP contribution is 2.24. The van der Waals surface area contributed by atoms with E-state index in [1.807, 2.05) is 18.7 Å². The fourth-order valence-corrected chi connectivity index (χ4v) is 2.26. The van der Waals surface area contributed by atoms with Gasteiger partial charge in [-0.1, -0.05) is 27.7 Å². The van der Waals surface area contributed by atoms with Crippen molar-refractivity contribution in [2.45, 2.75) is 40.5 Å². The quantitative estimate of drug-likeness (QED) is 0.681. The van der Waals surface area contributed by atoms with E-state index in [0.717, 1.165) is 24.9 Å². The van der Waals surface area contributed by atoms with Crippen LogP contribution in [0.5, 0.6) is 0 Å². The van der Waals surface area contributed by atoms with Gasteiger partial charge in [-0.05, 0) is 24.7 Å². The third-order valence-electron chi connectivity index (χ3n) is 2.90. The first-order valence-electron chi connectivity index (χ1n) is 5.79. The highest BCUT2D eigenvalue weighted by molar-refractivity contribution is 5.78. The van der Waals surface area contributed by atoms with Crippen molar-refractivity contribution in [1.29, 1.82) is 0 Å². The SMILES string of the molecule is CC(C)C[C@@H]1CCN(C(=O)C(C)C)C1. The first kappa shape index (κ1) is 11.5. The van der Waals surface area contributed by atoms with Crippen LogP contribution < -0.4 is 0 Å². The normalized spacial score (nSPS) is 22.4. The second-order valence-corrected chi connectivity index (χ2v) is 5.22. The zero-order valence-electron chi connectivity index (χ0n) is 9.92. The monoisotopic (exact) mass is 197 g/mol. The summed E-state index contributed by atoms with van der Waals surface area (Å²) in [7, 11) is 0. The van der Waals surface area contributed by atoms with E-state index in [1.165, 1.54) is 12.8 Å². The zero-order chi connectivity index (χ0) is 10.7. The van der Waals surface area contributed by atoms with Gasteiger partial charge in [-0.25, -0.2) is 0 Å². The third-order valence-corrected chi connectivity index (χ3v) is 2.90. The number of hydrogen-bond donors (Lipinski definition) is 0. The van der Waals surface area contributed by atoms with Gasteiger partial charge in [-0.2, -0.15) is 0 Å². The number of carbonyl (C=O) groups excluding carboxylic acids is 1. The van der Waals surface area contributed by atoms with Gasteiger partial charge >= 0.3 is 0 Å². The summed E-state index contributed by atoms with van der Waals surface area (Å²) in [4.78, 5) is 13.7. The molecule has 0 bridgehead atoms. The molecule has 1 rings (SSSR count). The molecule has 1 atom stereocenters. The van der Waals surface area contributed by atoms with Crippen LogP contribution in [0.15, 0.2) is 0 Å². The lowest BCUT2D eigenvalue weighted by atomic mass is 9.97. The number of nitrogens with zero attached hydrogens (tertiary/aromatic N) is 1. The van der Waals surface area contributed by atoms with Crippen LogP contribution in [-0.4, -0.2) is 23.9 Å². The number of amides is 1. The zero-order valence-corrected chi connectivity index (χ0v) is 9.92. The summed E-state index contributed by atoms with van der Waals surface area (Å²) in [6.45, 7) is 10.5. The summed E-state index contributed by atoms with van der Waals surface area (Å²) in [6.07, 6.45) is 2.47. The topological polar surface area (TPSA) is 20.3 Å². The lowest BCUT2D eigenvalue weighted by Crippen LogP contribution is -2.32. The van der Waals surface area contributed by atoms with E-state index >= 15 is 0 Å². The summed E-state index contributed by atoms with van der Waals surface area (Å²) >= 11 is 0. The molecule has 0 aromatic rings. The Morgan fingerprint density at radius 2 is 2.00 bits per heavy atom. The number of hydrogen-bond acceptors (Lipinski definition) is 1. The lowest BCUT2D eigenvalue weighted by molar-refractivity contribution is -0.133. The first-order valence-corrected chi connectivity index (χ1v) is 5.79. The molecule has 0 N–H and O–H groups in total. The maximum absolute atomic E-state index is 11.7. The van der Waals surface area contributed by atoms with Crippen molar-refractivity contribution in [3.05, 3.63) is 0 Å². The Balaban J connectivity index is 2.37. The van der Waals surface area contributed by atoms with E-state index in [1.54, 1.807) is 0 Å². The molecule has 0 radical (unpaired) electrons. The molecule has 1 amide bonds. The first-order chi connectivity index (χ1) is 6.50. The van der Waals surface area contributed by atoms with Gasteiger partial charge in [0.1, 0.15) is 0 Å². The minimum absolute atomic E-state index is 0.160. The van der Waals surface area contributed by atoms with Crippen molar-refractivity contribution in [3.63, 3.8) is 0 Å². The Morgan fingerprint density at radius 3 is 2.50 bits per heavy atom. The molecule has 14 heavy (non-hydrogen) atoms. The van der Waals surface area contributed by atoms with Crippen molar-refractivity contribution in [2.75, 3.05) is 13.1 Å². The lowest BCUT2D eigenvalue weighted by Gasteiger charge is -2.19. The Morgan fingerprint density at radius 1 is 1.36 bits per heavy atom. The predicted molar refractivity (Wildman–Crippen MR) is 59.0 cm³/mol. The molecule has 2 heteroatoms. The standard InChI is InChI=1S/C12H23NO/c1-9(2)7-11-5-6-13(8-11)12(14)10(3)4/h9-11H,5-8H2,1-4H3/t11-/m0/s1. The highest BCUT2D eigenvalue weighted by atomic mass is 16.2. The van der Waals surface area contributed by atoms with Crippen molar-refractivity contribution >= 4 is 5.91 Å². The molecule has 0 aromatic carbocycles. The minimum Gasteiger partial charge on any atom is -0.342 e. The molecule has 1 heterocycles. The third kappa shape index (κ3) is 3.00. The van der Waals surface area contributed by atoms with Crippen LogP contribution in [0.2, 0.25) is 0 Å². The van der Waals surface area contributed by atoms with Crippen LogP contribution in [0.3, 0.4) is 0 Å². The van der Waals surface area contributed by atoms with Crippen LogP contribution >= 0.6 is 0 Å². The minimum atomic E-state index is 0.160. The van der Waals surface area contributed by atoms with Gasteiger partial charge in [0.05, 0.1) is 0 Å². The van der Waals surface area contributed by atoms with E-state index in [-0.39, 0.29) is 5.92 Å². The van der Waals surface area contributed by atoms with Crippen LogP contribution in [0.25, 0.3) is 0 Å². The fourth-order valence-electron chi connectivity index (χ4n) is 2.26. The van der Waals surface area contributed by atoms with E-state index < -0.39 is 0 Å². The van der Waals surface area contributed by atoms with Crippen LogP contribution in [0.1, 0.15) is 40.5 Å². The van der Waals surface area contributed by atoms with Crippen LogP contribution in [-0.2, 0) is 4.79 Å². The van der Waals surface area contributed by atoms with E-state index in [2.05, 4.69) is 13.8 Å². The van der Waals surface area contributed by atoms with Gasteiger partial charge < -0.3 is 4.90 Å².